The zero-order valence-corrected chi connectivity index (χ0v) is 9.86. The Morgan fingerprint density at radius 1 is 1.35 bits per heavy atom. The van der Waals surface area contributed by atoms with E-state index in [1.54, 1.807) is 6.07 Å². The van der Waals surface area contributed by atoms with Crippen LogP contribution in [0.2, 0.25) is 0 Å². The number of carbonyl (C=O) groups is 1. The molecule has 0 spiro atoms. The van der Waals surface area contributed by atoms with E-state index >= 15 is 0 Å². The number of hydrogen-bond acceptors (Lipinski definition) is 6. The van der Waals surface area contributed by atoms with Gasteiger partial charge in [-0.3, -0.25) is 4.79 Å². The molecule has 94 valence electrons. The first-order valence-corrected chi connectivity index (χ1v) is 5.52. The van der Waals surface area contributed by atoms with Crippen LogP contribution in [0.5, 0.6) is 0 Å². The summed E-state index contributed by atoms with van der Waals surface area (Å²) >= 11 is 0. The lowest BCUT2D eigenvalue weighted by Crippen LogP contribution is -2.26. The molecule has 1 heterocycles. The molecule has 1 aromatic heterocycles. The monoisotopic (exact) mass is 238 g/mol. The molecule has 0 saturated heterocycles. The Kier molecular flexibility index (Phi) is 4.99. The number of rotatable bonds is 6. The molecule has 0 unspecified atom stereocenters. The molecule has 6 N–H and O–H groups in total. The van der Waals surface area contributed by atoms with Crippen molar-refractivity contribution in [3.8, 4) is 0 Å². The van der Waals surface area contributed by atoms with E-state index in [0.29, 0.717) is 31.1 Å². The Morgan fingerprint density at radius 2 is 2.12 bits per heavy atom. The minimum Gasteiger partial charge on any atom is -0.383 e. The number of nitrogens with one attached hydrogen (secondary N) is 2. The van der Waals surface area contributed by atoms with E-state index in [-0.39, 0.29) is 11.9 Å². The predicted octanol–water partition coefficient (Wildman–Crippen LogP) is -0.0308. The van der Waals surface area contributed by atoms with Gasteiger partial charge in [0.1, 0.15) is 11.6 Å². The van der Waals surface area contributed by atoms with Gasteiger partial charge in [0.05, 0.1) is 0 Å². The molecule has 0 aliphatic rings. The van der Waals surface area contributed by atoms with Crippen LogP contribution in [-0.4, -0.2) is 29.0 Å². The highest BCUT2D eigenvalue weighted by molar-refractivity contribution is 5.76. The van der Waals surface area contributed by atoms with Crippen molar-refractivity contribution in [3.63, 3.8) is 0 Å². The Bertz CT molecular complexity index is 361. The topological polar surface area (TPSA) is 119 Å². The van der Waals surface area contributed by atoms with E-state index in [2.05, 4.69) is 20.6 Å². The largest absolute Gasteiger partial charge is 0.383 e. The number of anilines is 3. The van der Waals surface area contributed by atoms with Crippen LogP contribution < -0.4 is 22.1 Å². The molecule has 7 heteroatoms. The number of nitrogens with two attached hydrogens (primary N) is 2. The lowest BCUT2D eigenvalue weighted by atomic mass is 10.3. The van der Waals surface area contributed by atoms with Gasteiger partial charge in [0.15, 0.2) is 0 Å². The molecular weight excluding hydrogens is 220 g/mol. The smallest absolute Gasteiger partial charge is 0.223 e. The molecule has 1 aromatic rings. The Labute approximate surface area is 100 Å². The lowest BCUT2D eigenvalue weighted by molar-refractivity contribution is -0.120. The molecular formula is C10H18N6O. The summed E-state index contributed by atoms with van der Waals surface area (Å²) in [6.07, 6.45) is 1.31. The summed E-state index contributed by atoms with van der Waals surface area (Å²) in [5.74, 6) is 0.950. The van der Waals surface area contributed by atoms with Gasteiger partial charge in [-0.15, -0.1) is 0 Å². The van der Waals surface area contributed by atoms with E-state index in [9.17, 15) is 4.79 Å². The van der Waals surface area contributed by atoms with Crippen molar-refractivity contribution in [1.82, 2.24) is 15.3 Å². The fraction of sp³-hybridized carbons (Fsp3) is 0.500. The van der Waals surface area contributed by atoms with Crippen LogP contribution in [0.15, 0.2) is 6.07 Å². The summed E-state index contributed by atoms with van der Waals surface area (Å²) in [7, 11) is 0. The van der Waals surface area contributed by atoms with Gasteiger partial charge in [-0.1, -0.05) is 6.92 Å². The minimum absolute atomic E-state index is 0.00866. The maximum Gasteiger partial charge on any atom is 0.223 e. The second kappa shape index (κ2) is 6.51. The Morgan fingerprint density at radius 3 is 2.76 bits per heavy atom. The quantitative estimate of drug-likeness (QED) is 0.552. The van der Waals surface area contributed by atoms with E-state index < -0.39 is 0 Å². The van der Waals surface area contributed by atoms with E-state index in [4.69, 9.17) is 11.5 Å². The van der Waals surface area contributed by atoms with Gasteiger partial charge in [-0.2, -0.15) is 9.97 Å². The lowest BCUT2D eigenvalue weighted by Gasteiger charge is -2.07. The van der Waals surface area contributed by atoms with Gasteiger partial charge in [0, 0.05) is 25.6 Å². The summed E-state index contributed by atoms with van der Waals surface area (Å²) in [4.78, 5) is 19.0. The molecule has 0 fully saturated rings. The number of carbonyl (C=O) groups excluding carboxylic acids is 1. The SMILES string of the molecule is CCCNC(=O)CCNc1cc(N)nc(N)n1. The third-order valence-electron chi connectivity index (χ3n) is 1.99. The number of nitrogen functional groups attached to an aromatic ring is 2. The summed E-state index contributed by atoms with van der Waals surface area (Å²) in [5, 5.41) is 5.74. The van der Waals surface area contributed by atoms with Crippen molar-refractivity contribution in [3.05, 3.63) is 6.07 Å². The van der Waals surface area contributed by atoms with Crippen molar-refractivity contribution in [2.24, 2.45) is 0 Å². The summed E-state index contributed by atoms with van der Waals surface area (Å²) in [6.45, 7) is 3.18. The Hall–Kier alpha value is -2.05. The van der Waals surface area contributed by atoms with E-state index in [1.165, 1.54) is 0 Å². The molecule has 0 radical (unpaired) electrons. The van der Waals surface area contributed by atoms with Crippen LogP contribution in [0.25, 0.3) is 0 Å². The van der Waals surface area contributed by atoms with Crippen molar-refractivity contribution in [1.29, 1.82) is 0 Å². The molecule has 1 amide bonds. The number of amides is 1. The third-order valence-corrected chi connectivity index (χ3v) is 1.99. The molecule has 0 saturated carbocycles. The average molecular weight is 238 g/mol. The normalized spacial score (nSPS) is 9.94. The second-order valence-corrected chi connectivity index (χ2v) is 3.56. The highest BCUT2D eigenvalue weighted by Gasteiger charge is 2.02. The molecule has 7 nitrogen and oxygen atoms in total. The fourth-order valence-electron chi connectivity index (χ4n) is 1.23. The molecule has 0 aliphatic heterocycles. The van der Waals surface area contributed by atoms with Crippen LogP contribution >= 0.6 is 0 Å². The van der Waals surface area contributed by atoms with Gasteiger partial charge in [0.2, 0.25) is 11.9 Å². The first-order chi connectivity index (χ1) is 8.11. The van der Waals surface area contributed by atoms with Gasteiger partial charge >= 0.3 is 0 Å². The average Bonchev–Trinajstić information content (AvgIpc) is 2.25. The summed E-state index contributed by atoms with van der Waals surface area (Å²) in [6, 6.07) is 1.57. The molecule has 0 aromatic carbocycles. The van der Waals surface area contributed by atoms with Crippen LogP contribution in [-0.2, 0) is 4.79 Å². The van der Waals surface area contributed by atoms with E-state index in [0.717, 1.165) is 6.42 Å². The first kappa shape index (κ1) is 13.0. The van der Waals surface area contributed by atoms with Crippen LogP contribution in [0, 0.1) is 0 Å². The minimum atomic E-state index is 0.00866. The maximum absolute atomic E-state index is 11.3. The highest BCUT2D eigenvalue weighted by atomic mass is 16.1. The van der Waals surface area contributed by atoms with Crippen LogP contribution in [0.4, 0.5) is 17.6 Å². The molecule has 0 bridgehead atoms. The van der Waals surface area contributed by atoms with Crippen molar-refractivity contribution in [2.75, 3.05) is 29.9 Å². The van der Waals surface area contributed by atoms with Crippen molar-refractivity contribution < 1.29 is 4.79 Å². The third kappa shape index (κ3) is 5.01. The van der Waals surface area contributed by atoms with Crippen molar-refractivity contribution in [2.45, 2.75) is 19.8 Å². The van der Waals surface area contributed by atoms with Crippen LogP contribution in [0.1, 0.15) is 19.8 Å². The number of aromatic nitrogens is 2. The fourth-order valence-corrected chi connectivity index (χ4v) is 1.23. The first-order valence-electron chi connectivity index (χ1n) is 5.52. The van der Waals surface area contributed by atoms with Crippen molar-refractivity contribution >= 4 is 23.5 Å². The second-order valence-electron chi connectivity index (χ2n) is 3.56. The number of hydrogen-bond donors (Lipinski definition) is 4. The predicted molar refractivity (Wildman–Crippen MR) is 67.3 cm³/mol. The molecule has 1 rings (SSSR count). The highest BCUT2D eigenvalue weighted by Crippen LogP contribution is 2.08. The number of nitrogens with zero attached hydrogens (tertiary/aromatic N) is 2. The van der Waals surface area contributed by atoms with E-state index in [1.807, 2.05) is 6.92 Å². The molecule has 0 aliphatic carbocycles. The zero-order valence-electron chi connectivity index (χ0n) is 9.86. The van der Waals surface area contributed by atoms with Gasteiger partial charge in [0.25, 0.3) is 0 Å². The maximum atomic E-state index is 11.3. The summed E-state index contributed by atoms with van der Waals surface area (Å²) < 4.78 is 0. The molecule has 0 atom stereocenters. The van der Waals surface area contributed by atoms with Gasteiger partial charge in [-0.05, 0) is 6.42 Å². The van der Waals surface area contributed by atoms with Gasteiger partial charge < -0.3 is 22.1 Å². The summed E-state index contributed by atoms with van der Waals surface area (Å²) in [5.41, 5.74) is 10.9. The van der Waals surface area contributed by atoms with Gasteiger partial charge in [-0.25, -0.2) is 0 Å². The Balaban J connectivity index is 2.33. The molecule has 17 heavy (non-hydrogen) atoms. The van der Waals surface area contributed by atoms with Crippen LogP contribution in [0.3, 0.4) is 0 Å². The standard InChI is InChI=1S/C10H18N6O/c1-2-4-14-9(17)3-5-13-8-6-7(11)15-10(12)16-8/h6H,2-5H2,1H3,(H,14,17)(H5,11,12,13,15,16). The zero-order chi connectivity index (χ0) is 12.7.